The second-order valence-electron chi connectivity index (χ2n) is 6.21. The summed E-state index contributed by atoms with van der Waals surface area (Å²) in [7, 11) is 3.54. The van der Waals surface area contributed by atoms with E-state index in [4.69, 9.17) is 0 Å². The summed E-state index contributed by atoms with van der Waals surface area (Å²) in [5.74, 6) is 0.898. The van der Waals surface area contributed by atoms with Gasteiger partial charge in [0.15, 0.2) is 5.96 Å². The van der Waals surface area contributed by atoms with Crippen LogP contribution in [0.25, 0.3) is 0 Å². The molecule has 1 aromatic rings. The van der Waals surface area contributed by atoms with E-state index in [0.717, 1.165) is 32.0 Å². The Bertz CT molecular complexity index is 550. The van der Waals surface area contributed by atoms with Crippen LogP contribution in [0.5, 0.6) is 0 Å². The molecule has 0 aromatic heterocycles. The summed E-state index contributed by atoms with van der Waals surface area (Å²) in [5.41, 5.74) is 1.26. The maximum Gasteiger partial charge on any atom is 0.223 e. The first-order valence-corrected chi connectivity index (χ1v) is 8.65. The van der Waals surface area contributed by atoms with Crippen LogP contribution in [0.3, 0.4) is 0 Å². The number of carbonyl (C=O) groups excluding carboxylic acids is 1. The molecule has 1 fully saturated rings. The average molecular weight is 459 g/mol. The normalized spacial score (nSPS) is 17.0. The monoisotopic (exact) mass is 459 g/mol. The van der Waals surface area contributed by atoms with Crippen LogP contribution < -0.4 is 15.5 Å². The van der Waals surface area contributed by atoms with Crippen LogP contribution in [0.15, 0.2) is 35.3 Å². The molecule has 25 heavy (non-hydrogen) atoms. The molecule has 0 spiro atoms. The number of rotatable bonds is 6. The summed E-state index contributed by atoms with van der Waals surface area (Å²) in [6.45, 7) is 5.36. The Labute approximate surface area is 168 Å². The van der Waals surface area contributed by atoms with E-state index in [-0.39, 0.29) is 29.9 Å². The van der Waals surface area contributed by atoms with Crippen molar-refractivity contribution in [3.05, 3.63) is 30.3 Å². The van der Waals surface area contributed by atoms with Crippen molar-refractivity contribution >= 4 is 41.5 Å². The number of aliphatic imine (C=N–C) groups is 1. The fraction of sp³-hybridized carbons (Fsp3) is 0.556. The molecule has 2 N–H and O–H groups in total. The second kappa shape index (κ2) is 11.2. The molecule has 0 radical (unpaired) electrons. The number of guanidine groups is 1. The number of nitrogens with zero attached hydrogens (tertiary/aromatic N) is 3. The van der Waals surface area contributed by atoms with Gasteiger partial charge < -0.3 is 20.4 Å². The zero-order valence-corrected chi connectivity index (χ0v) is 17.7. The van der Waals surface area contributed by atoms with Gasteiger partial charge >= 0.3 is 0 Å². The summed E-state index contributed by atoms with van der Waals surface area (Å²) < 4.78 is 0. The molecular weight excluding hydrogens is 429 g/mol. The third-order valence-electron chi connectivity index (χ3n) is 4.09. The van der Waals surface area contributed by atoms with Crippen molar-refractivity contribution in [2.75, 3.05) is 45.2 Å². The first-order chi connectivity index (χ1) is 11.6. The number of nitrogens with one attached hydrogen (secondary N) is 2. The molecule has 0 bridgehead atoms. The van der Waals surface area contributed by atoms with Crippen LogP contribution >= 0.6 is 24.0 Å². The maximum atomic E-state index is 11.6. The Morgan fingerprint density at radius 2 is 2.04 bits per heavy atom. The number of hydrogen-bond acceptors (Lipinski definition) is 3. The Hall–Kier alpha value is -1.51. The number of hydrogen-bond donors (Lipinski definition) is 2. The molecular formula is C18H30IN5O. The van der Waals surface area contributed by atoms with Crippen molar-refractivity contribution in [2.45, 2.75) is 25.8 Å². The van der Waals surface area contributed by atoms with Gasteiger partial charge in [-0.1, -0.05) is 18.2 Å². The number of anilines is 1. The average Bonchev–Trinajstić information content (AvgIpc) is 3.04. The number of halogens is 1. The van der Waals surface area contributed by atoms with E-state index in [1.165, 1.54) is 5.69 Å². The zero-order valence-electron chi connectivity index (χ0n) is 15.4. The highest BCUT2D eigenvalue weighted by atomic mass is 127. The SMILES string of the molecule is CCNC(=NCCC(=O)N(C)C)NC1CCN(c2ccccc2)C1.I. The van der Waals surface area contributed by atoms with E-state index in [1.54, 1.807) is 19.0 Å². The smallest absolute Gasteiger partial charge is 0.223 e. The molecule has 140 valence electrons. The van der Waals surface area contributed by atoms with E-state index in [1.807, 2.05) is 13.0 Å². The maximum absolute atomic E-state index is 11.6. The zero-order chi connectivity index (χ0) is 17.4. The Kier molecular flexibility index (Phi) is 9.62. The van der Waals surface area contributed by atoms with Crippen LogP contribution in [0.4, 0.5) is 5.69 Å². The van der Waals surface area contributed by atoms with Crippen LogP contribution in [-0.4, -0.2) is 63.1 Å². The van der Waals surface area contributed by atoms with Gasteiger partial charge in [0, 0.05) is 51.9 Å². The summed E-state index contributed by atoms with van der Waals surface area (Å²) in [6.07, 6.45) is 1.51. The van der Waals surface area contributed by atoms with Crippen molar-refractivity contribution in [3.8, 4) is 0 Å². The quantitative estimate of drug-likeness (QED) is 0.388. The van der Waals surface area contributed by atoms with E-state index in [9.17, 15) is 4.79 Å². The van der Waals surface area contributed by atoms with Crippen molar-refractivity contribution in [1.82, 2.24) is 15.5 Å². The van der Waals surface area contributed by atoms with Crippen LogP contribution in [0.1, 0.15) is 19.8 Å². The Balaban J connectivity index is 0.00000312. The van der Waals surface area contributed by atoms with Crippen LogP contribution in [0, 0.1) is 0 Å². The molecule has 6 nitrogen and oxygen atoms in total. The first kappa shape index (κ1) is 21.5. The molecule has 1 unspecified atom stereocenters. The minimum atomic E-state index is 0. The minimum absolute atomic E-state index is 0. The van der Waals surface area contributed by atoms with Crippen molar-refractivity contribution in [1.29, 1.82) is 0 Å². The predicted octanol–water partition coefficient (Wildman–Crippen LogP) is 1.92. The van der Waals surface area contributed by atoms with Gasteiger partial charge in [0.2, 0.25) is 5.91 Å². The summed E-state index contributed by atoms with van der Waals surface area (Å²) >= 11 is 0. The topological polar surface area (TPSA) is 60.0 Å². The molecule has 1 aliphatic heterocycles. The number of carbonyl (C=O) groups is 1. The molecule has 0 saturated carbocycles. The standard InChI is InChI=1S/C18H29N5O.HI/c1-4-19-18(20-12-10-17(24)22(2)3)21-15-11-13-23(14-15)16-8-6-5-7-9-16;/h5-9,15H,4,10-14H2,1-3H3,(H2,19,20,21);1H. The number of benzene rings is 1. The lowest BCUT2D eigenvalue weighted by Crippen LogP contribution is -2.44. The van der Waals surface area contributed by atoms with Crippen LogP contribution in [0.2, 0.25) is 0 Å². The summed E-state index contributed by atoms with van der Waals surface area (Å²) in [6, 6.07) is 10.9. The molecule has 1 heterocycles. The Morgan fingerprint density at radius 3 is 2.68 bits per heavy atom. The number of para-hydroxylation sites is 1. The molecule has 7 heteroatoms. The molecule has 1 aliphatic rings. The summed E-state index contributed by atoms with van der Waals surface area (Å²) in [5, 5.41) is 6.75. The van der Waals surface area contributed by atoms with Gasteiger partial charge in [-0.2, -0.15) is 0 Å². The highest BCUT2D eigenvalue weighted by Gasteiger charge is 2.23. The van der Waals surface area contributed by atoms with E-state index in [0.29, 0.717) is 19.0 Å². The van der Waals surface area contributed by atoms with Gasteiger partial charge in [0.05, 0.1) is 6.54 Å². The fourth-order valence-electron chi connectivity index (χ4n) is 2.75. The molecule has 1 atom stereocenters. The van der Waals surface area contributed by atoms with Gasteiger partial charge in [0.1, 0.15) is 0 Å². The largest absolute Gasteiger partial charge is 0.369 e. The number of amides is 1. The van der Waals surface area contributed by atoms with Crippen molar-refractivity contribution in [2.24, 2.45) is 4.99 Å². The highest BCUT2D eigenvalue weighted by Crippen LogP contribution is 2.19. The first-order valence-electron chi connectivity index (χ1n) is 8.65. The van der Waals surface area contributed by atoms with E-state index >= 15 is 0 Å². The lowest BCUT2D eigenvalue weighted by atomic mass is 10.3. The lowest BCUT2D eigenvalue weighted by Gasteiger charge is -2.20. The van der Waals surface area contributed by atoms with Gasteiger partial charge in [-0.25, -0.2) is 0 Å². The molecule has 1 amide bonds. The van der Waals surface area contributed by atoms with E-state index in [2.05, 4.69) is 44.8 Å². The van der Waals surface area contributed by atoms with Gasteiger partial charge in [0.25, 0.3) is 0 Å². The fourth-order valence-corrected chi connectivity index (χ4v) is 2.75. The van der Waals surface area contributed by atoms with Gasteiger partial charge in [-0.3, -0.25) is 9.79 Å². The minimum Gasteiger partial charge on any atom is -0.369 e. The predicted molar refractivity (Wildman–Crippen MR) is 115 cm³/mol. The Morgan fingerprint density at radius 1 is 1.32 bits per heavy atom. The van der Waals surface area contributed by atoms with Crippen molar-refractivity contribution in [3.63, 3.8) is 0 Å². The van der Waals surface area contributed by atoms with Gasteiger partial charge in [-0.05, 0) is 25.5 Å². The second-order valence-corrected chi connectivity index (χ2v) is 6.21. The summed E-state index contributed by atoms with van der Waals surface area (Å²) in [4.78, 5) is 20.1. The lowest BCUT2D eigenvalue weighted by molar-refractivity contribution is -0.128. The molecule has 2 rings (SSSR count). The van der Waals surface area contributed by atoms with Crippen molar-refractivity contribution < 1.29 is 4.79 Å². The third-order valence-corrected chi connectivity index (χ3v) is 4.09. The van der Waals surface area contributed by atoms with Gasteiger partial charge in [-0.15, -0.1) is 24.0 Å². The molecule has 1 aromatic carbocycles. The van der Waals surface area contributed by atoms with Crippen LogP contribution in [-0.2, 0) is 4.79 Å². The highest BCUT2D eigenvalue weighted by molar-refractivity contribution is 14.0. The third kappa shape index (κ3) is 7.09. The molecule has 1 saturated heterocycles. The molecule has 0 aliphatic carbocycles. The van der Waals surface area contributed by atoms with E-state index < -0.39 is 0 Å².